The largest absolute Gasteiger partial charge is 0.481 e. The van der Waals surface area contributed by atoms with Gasteiger partial charge in [0.25, 0.3) is 5.91 Å². The molecule has 2 aliphatic carbocycles. The maximum Gasteiger partial charge on any atom is 0.306 e. The second kappa shape index (κ2) is 8.79. The molecule has 33 heavy (non-hydrogen) atoms. The van der Waals surface area contributed by atoms with Gasteiger partial charge < -0.3 is 10.4 Å². The van der Waals surface area contributed by atoms with E-state index in [2.05, 4.69) is 41.7 Å². The lowest BCUT2D eigenvalue weighted by Gasteiger charge is -2.56. The number of hydrogen-bond donors (Lipinski definition) is 2. The van der Waals surface area contributed by atoms with Crippen LogP contribution >= 0.6 is 34.5 Å². The molecule has 1 heterocycles. The van der Waals surface area contributed by atoms with Gasteiger partial charge in [-0.2, -0.15) is 0 Å². The van der Waals surface area contributed by atoms with Crippen LogP contribution in [-0.2, 0) is 11.2 Å². The van der Waals surface area contributed by atoms with Crippen LogP contribution in [0.1, 0.15) is 47.2 Å². The number of carbonyl (C=O) groups is 2. The van der Waals surface area contributed by atoms with E-state index < -0.39 is 5.97 Å². The maximum atomic E-state index is 13.1. The van der Waals surface area contributed by atoms with Crippen LogP contribution in [0.15, 0.2) is 54.6 Å². The molecule has 0 unspecified atom stereocenters. The molecule has 0 aliphatic heterocycles. The number of rotatable bonds is 6. The molecule has 1 aromatic heterocycles. The Morgan fingerprint density at radius 2 is 1.58 bits per heavy atom. The van der Waals surface area contributed by atoms with Gasteiger partial charge >= 0.3 is 5.97 Å². The van der Waals surface area contributed by atoms with E-state index in [0.29, 0.717) is 33.5 Å². The monoisotopic (exact) mass is 499 g/mol. The number of halogens is 2. The summed E-state index contributed by atoms with van der Waals surface area (Å²) in [6.45, 7) is 0. The molecular weight excluding hydrogens is 477 g/mol. The quantitative estimate of drug-likeness (QED) is 0.397. The summed E-state index contributed by atoms with van der Waals surface area (Å²) in [5, 5.41) is 12.2. The molecule has 7 heteroatoms. The van der Waals surface area contributed by atoms with Crippen LogP contribution in [0.25, 0.3) is 11.1 Å². The average molecular weight is 500 g/mol. The van der Waals surface area contributed by atoms with Crippen LogP contribution in [0.3, 0.4) is 0 Å². The lowest BCUT2D eigenvalue weighted by atomic mass is 9.50. The van der Waals surface area contributed by atoms with E-state index in [1.165, 1.54) is 11.3 Å². The molecule has 0 atom stereocenters. The van der Waals surface area contributed by atoms with E-state index in [-0.39, 0.29) is 23.3 Å². The molecule has 0 bridgehead atoms. The first-order valence-corrected chi connectivity index (χ1v) is 12.6. The number of carbonyl (C=O) groups excluding carboxylic acids is 1. The first-order chi connectivity index (χ1) is 15.8. The van der Waals surface area contributed by atoms with Gasteiger partial charge in [0.2, 0.25) is 0 Å². The van der Waals surface area contributed by atoms with E-state index in [1.807, 2.05) is 18.2 Å². The van der Waals surface area contributed by atoms with Crippen molar-refractivity contribution in [3.05, 3.63) is 80.0 Å². The van der Waals surface area contributed by atoms with Crippen molar-refractivity contribution in [2.24, 2.45) is 11.3 Å². The van der Waals surface area contributed by atoms with Gasteiger partial charge in [0, 0.05) is 18.0 Å². The highest BCUT2D eigenvalue weighted by molar-refractivity contribution is 7.20. The number of carboxylic acid groups (broad SMARTS) is 1. The summed E-state index contributed by atoms with van der Waals surface area (Å²) in [6.07, 6.45) is 3.60. The fourth-order valence-corrected chi connectivity index (χ4v) is 7.00. The smallest absolute Gasteiger partial charge is 0.306 e. The Kier molecular flexibility index (Phi) is 5.98. The summed E-state index contributed by atoms with van der Waals surface area (Å²) < 4.78 is 0.933. The summed E-state index contributed by atoms with van der Waals surface area (Å²) in [7, 11) is 0. The maximum absolute atomic E-state index is 13.1. The van der Waals surface area contributed by atoms with Gasteiger partial charge in [-0.1, -0.05) is 77.8 Å². The van der Waals surface area contributed by atoms with E-state index >= 15 is 0 Å². The Hall–Kier alpha value is -2.34. The molecule has 1 amide bonds. The summed E-state index contributed by atoms with van der Waals surface area (Å²) in [6, 6.07) is 18.5. The topological polar surface area (TPSA) is 66.4 Å². The van der Waals surface area contributed by atoms with Crippen molar-refractivity contribution in [1.29, 1.82) is 0 Å². The van der Waals surface area contributed by atoms with Crippen LogP contribution in [-0.4, -0.2) is 23.0 Å². The number of aliphatic carboxylic acids is 1. The summed E-state index contributed by atoms with van der Waals surface area (Å²) in [4.78, 5) is 24.2. The van der Waals surface area contributed by atoms with Crippen molar-refractivity contribution in [1.82, 2.24) is 5.32 Å². The van der Waals surface area contributed by atoms with E-state index in [9.17, 15) is 9.59 Å². The summed E-state index contributed by atoms with van der Waals surface area (Å²) in [5.41, 5.74) is 4.64. The van der Waals surface area contributed by atoms with Gasteiger partial charge in [0.05, 0.1) is 15.8 Å². The van der Waals surface area contributed by atoms with Gasteiger partial charge in [-0.05, 0) is 47.8 Å². The first kappa shape index (κ1) is 22.5. The van der Waals surface area contributed by atoms with Gasteiger partial charge in [-0.25, -0.2) is 0 Å². The number of benzene rings is 2. The third-order valence-corrected chi connectivity index (χ3v) is 8.67. The van der Waals surface area contributed by atoms with Crippen molar-refractivity contribution in [2.45, 2.75) is 38.1 Å². The minimum atomic E-state index is -0.714. The molecule has 2 N–H and O–H groups in total. The highest BCUT2D eigenvalue weighted by Gasteiger charge is 2.55. The highest BCUT2D eigenvalue weighted by atomic mass is 35.5. The lowest BCUT2D eigenvalue weighted by molar-refractivity contribution is -0.155. The fraction of sp³-hybridized carbons (Fsp3) is 0.308. The zero-order chi connectivity index (χ0) is 23.2. The van der Waals surface area contributed by atoms with Gasteiger partial charge in [-0.3, -0.25) is 9.59 Å². The average Bonchev–Trinajstić information content (AvgIpc) is 3.02. The normalized spacial score (nSPS) is 23.6. The minimum absolute atomic E-state index is 0.0555. The second-order valence-corrected chi connectivity index (χ2v) is 11.5. The molecular formula is C26H23Cl2NO3S. The second-order valence-electron chi connectivity index (χ2n) is 9.26. The van der Waals surface area contributed by atoms with Crippen molar-refractivity contribution < 1.29 is 14.7 Å². The summed E-state index contributed by atoms with van der Waals surface area (Å²) >= 11 is 14.1. The molecule has 2 saturated carbocycles. The minimum Gasteiger partial charge on any atom is -0.481 e. The fourth-order valence-electron chi connectivity index (χ4n) is 5.28. The van der Waals surface area contributed by atoms with Gasteiger partial charge in [0.15, 0.2) is 0 Å². The van der Waals surface area contributed by atoms with Gasteiger partial charge in [-0.15, -0.1) is 11.3 Å². The van der Waals surface area contributed by atoms with Crippen LogP contribution in [0.2, 0.25) is 8.67 Å². The predicted octanol–water partition coefficient (Wildman–Crippen LogP) is 6.69. The van der Waals surface area contributed by atoms with Crippen molar-refractivity contribution in [2.75, 3.05) is 0 Å². The Morgan fingerprint density at radius 3 is 2.21 bits per heavy atom. The van der Waals surface area contributed by atoms with Crippen molar-refractivity contribution >= 4 is 46.4 Å². The van der Waals surface area contributed by atoms with E-state index in [0.717, 1.165) is 35.1 Å². The molecule has 2 aliphatic rings. The zero-order valence-corrected chi connectivity index (χ0v) is 20.1. The number of hydrogen-bond acceptors (Lipinski definition) is 3. The molecule has 5 rings (SSSR count). The Labute approximate surface area is 206 Å². The van der Waals surface area contributed by atoms with E-state index in [4.69, 9.17) is 28.3 Å². The Morgan fingerprint density at radius 1 is 0.939 bits per heavy atom. The molecule has 0 radical (unpaired) electrons. The lowest BCUT2D eigenvalue weighted by Crippen LogP contribution is -2.57. The number of nitrogens with one attached hydrogen (secondary N) is 1. The molecule has 4 nitrogen and oxygen atoms in total. The third kappa shape index (κ3) is 4.42. The number of thiophene rings is 1. The van der Waals surface area contributed by atoms with Crippen LogP contribution in [0.4, 0.5) is 0 Å². The first-order valence-electron chi connectivity index (χ1n) is 11.0. The van der Waals surface area contributed by atoms with E-state index in [1.54, 1.807) is 0 Å². The molecule has 1 spiro atoms. The molecule has 0 saturated heterocycles. The molecule has 170 valence electrons. The molecule has 2 fully saturated rings. The SMILES string of the molecule is O=C(NC1CC2(C1)CC(C(=O)O)C2)c1c(Cl)sc(Cl)c1Cc1ccc(-c2ccccc2)cc1. The van der Waals surface area contributed by atoms with Crippen molar-refractivity contribution in [3.8, 4) is 11.1 Å². The van der Waals surface area contributed by atoms with Gasteiger partial charge in [0.1, 0.15) is 4.34 Å². The third-order valence-electron chi connectivity index (χ3n) is 6.99. The molecule has 3 aromatic rings. The summed E-state index contributed by atoms with van der Waals surface area (Å²) in [5.74, 6) is -1.14. The van der Waals surface area contributed by atoms with Crippen molar-refractivity contribution in [3.63, 3.8) is 0 Å². The Bertz CT molecular complexity index is 1190. The standard InChI is InChI=1S/C26H23Cl2NO3S/c27-22-20(10-15-6-8-17(9-7-15)16-4-2-1-3-5-16)21(23(28)33-22)24(30)29-19-13-26(14-19)11-18(12-26)25(31)32/h1-9,18-19H,10-14H2,(H,29,30)(H,31,32). The van der Waals surface area contributed by atoms with Crippen LogP contribution in [0.5, 0.6) is 0 Å². The highest BCUT2D eigenvalue weighted by Crippen LogP contribution is 2.58. The molecule has 2 aromatic carbocycles. The zero-order valence-electron chi connectivity index (χ0n) is 17.8. The predicted molar refractivity (Wildman–Crippen MR) is 132 cm³/mol. The number of carboxylic acids is 1. The number of amides is 1. The Balaban J connectivity index is 1.26. The van der Waals surface area contributed by atoms with Crippen LogP contribution in [0, 0.1) is 11.3 Å². The van der Waals surface area contributed by atoms with Crippen LogP contribution < -0.4 is 5.32 Å².